The first-order chi connectivity index (χ1) is 34.8. The molecule has 3 amide bonds. The number of piperazine rings is 2. The number of nitrogens with zero attached hydrogens (tertiary/aromatic N) is 7. The maximum atomic E-state index is 14.3. The largest absolute Gasteiger partial charge is 0.481 e. The fourth-order valence-electron chi connectivity index (χ4n) is 8.84. The van der Waals surface area contributed by atoms with Gasteiger partial charge in [0.15, 0.2) is 0 Å². The van der Waals surface area contributed by atoms with Crippen molar-refractivity contribution >= 4 is 35.7 Å². The fourth-order valence-corrected chi connectivity index (χ4v) is 8.84. The predicted molar refractivity (Wildman–Crippen MR) is 283 cm³/mol. The summed E-state index contributed by atoms with van der Waals surface area (Å²) in [6.07, 6.45) is 2.43. The molecule has 0 saturated carbocycles. The molecule has 4 fully saturated rings. The smallest absolute Gasteiger partial charge is 0.407 e. The summed E-state index contributed by atoms with van der Waals surface area (Å²) in [7, 11) is 0. The van der Waals surface area contributed by atoms with Crippen molar-refractivity contribution < 1.29 is 42.5 Å². The second kappa shape index (κ2) is 27.7. The van der Waals surface area contributed by atoms with Crippen LogP contribution in [-0.2, 0) is 31.9 Å². The Bertz CT molecular complexity index is 2370. The number of hydrogen-bond donors (Lipinski definition) is 4. The second-order valence-corrected chi connectivity index (χ2v) is 20.8. The Morgan fingerprint density at radius 2 is 1.03 bits per heavy atom. The molecule has 2 aromatic heterocycles. The van der Waals surface area contributed by atoms with Gasteiger partial charge in [-0.1, -0.05) is 56.0 Å². The monoisotopic (exact) mass is 1030 g/mol. The molecular weight excluding hydrogens is 951 g/mol. The Morgan fingerprint density at radius 3 is 1.39 bits per heavy atom. The molecular formula is C55H78F2N10O7. The number of benzene rings is 2. The Balaban J connectivity index is 0.000000225. The van der Waals surface area contributed by atoms with E-state index in [9.17, 15) is 28.0 Å². The predicted octanol–water partition coefficient (Wildman–Crippen LogP) is 6.63. The highest BCUT2D eigenvalue weighted by molar-refractivity contribution is 5.79. The van der Waals surface area contributed by atoms with E-state index in [0.29, 0.717) is 30.3 Å². The summed E-state index contributed by atoms with van der Waals surface area (Å²) in [6.45, 7) is 22.3. The van der Waals surface area contributed by atoms with Gasteiger partial charge in [0.25, 0.3) is 0 Å². The zero-order valence-electron chi connectivity index (χ0n) is 43.1. The molecule has 6 heterocycles. The Labute approximate surface area is 436 Å². The summed E-state index contributed by atoms with van der Waals surface area (Å²) in [6, 6.07) is 24.4. The van der Waals surface area contributed by atoms with E-state index >= 15 is 0 Å². The number of hydrogen-bond acceptors (Lipinski definition) is 13. The van der Waals surface area contributed by atoms with Crippen LogP contribution in [-0.4, -0.2) is 168 Å². The van der Waals surface area contributed by atoms with Crippen molar-refractivity contribution in [1.82, 2.24) is 40.6 Å². The van der Waals surface area contributed by atoms with Gasteiger partial charge in [-0.25, -0.2) is 28.3 Å². The summed E-state index contributed by atoms with van der Waals surface area (Å²) in [5.74, 6) is 0.215. The minimum absolute atomic E-state index is 0. The van der Waals surface area contributed by atoms with Gasteiger partial charge in [-0.2, -0.15) is 0 Å². The zero-order chi connectivity index (χ0) is 52.5. The van der Waals surface area contributed by atoms with Crippen molar-refractivity contribution in [3.05, 3.63) is 120 Å². The van der Waals surface area contributed by atoms with Crippen LogP contribution in [0.4, 0.5) is 30.0 Å². The standard InChI is InChI=1S/C27H36FN5O3.C15H20FNO4.C12H18N4.CH4/c1-27(2,3)36-26(35)30-21(16-20-8-4-5-9-23(20)28)17-25(34)33-18-22(19-33)31-12-14-32(15-13-31)24-10-6-7-11-29-24;1-15(2,3)21-14(20)17-11(9-13(18)19)8-10-6-4-5-7-12(10)16;1-2-4-14-12(3-1)16-7-5-15(6-8-16)11-9-13-10-11;/h4-11,21-22H,12-19H2,1-3H3,(H,30,35);4-7,11H,8-9H2,1-3H3,(H,17,20)(H,18,19);1-4,11,13H,5-10H2;1H4/t21-;11-;;/m11../s1. The van der Waals surface area contributed by atoms with Gasteiger partial charge in [0.1, 0.15) is 34.5 Å². The molecule has 8 rings (SSSR count). The van der Waals surface area contributed by atoms with Gasteiger partial charge in [0.2, 0.25) is 5.91 Å². The molecule has 0 unspecified atom stereocenters. The number of pyridine rings is 2. The van der Waals surface area contributed by atoms with E-state index in [1.165, 1.54) is 38.3 Å². The number of likely N-dealkylation sites (tertiary alicyclic amines) is 1. The normalized spacial score (nSPS) is 17.3. The first kappa shape index (κ1) is 58.4. The van der Waals surface area contributed by atoms with Crippen LogP contribution in [0.15, 0.2) is 97.3 Å². The maximum Gasteiger partial charge on any atom is 0.407 e. The van der Waals surface area contributed by atoms with Gasteiger partial charge < -0.3 is 45.2 Å². The number of amides is 3. The minimum atomic E-state index is -1.08. The van der Waals surface area contributed by atoms with Crippen LogP contribution in [0.1, 0.15) is 72.9 Å². The van der Waals surface area contributed by atoms with E-state index < -0.39 is 47.3 Å². The summed E-state index contributed by atoms with van der Waals surface area (Å²) in [5.41, 5.74) is -0.545. The molecule has 0 bridgehead atoms. The first-order valence-electron chi connectivity index (χ1n) is 25.2. The van der Waals surface area contributed by atoms with E-state index in [4.69, 9.17) is 14.6 Å². The van der Waals surface area contributed by atoms with Crippen LogP contribution < -0.4 is 25.8 Å². The molecule has 4 aliphatic heterocycles. The topological polar surface area (TPSA) is 185 Å². The molecule has 2 aromatic carbocycles. The van der Waals surface area contributed by atoms with Crippen LogP contribution in [0.5, 0.6) is 0 Å². The molecule has 19 heteroatoms. The van der Waals surface area contributed by atoms with Crippen molar-refractivity contribution in [2.24, 2.45) is 0 Å². The molecule has 0 spiro atoms. The Hall–Kier alpha value is -6.44. The second-order valence-electron chi connectivity index (χ2n) is 20.8. The van der Waals surface area contributed by atoms with Crippen LogP contribution >= 0.6 is 0 Å². The lowest BCUT2D eigenvalue weighted by Gasteiger charge is -2.48. The number of halogens is 2. The number of ether oxygens (including phenoxy) is 2. The molecule has 4 N–H and O–H groups in total. The number of rotatable bonds is 14. The van der Waals surface area contributed by atoms with Crippen molar-refractivity contribution in [2.45, 2.75) is 110 Å². The highest BCUT2D eigenvalue weighted by Gasteiger charge is 2.37. The van der Waals surface area contributed by atoms with Gasteiger partial charge in [-0.3, -0.25) is 19.4 Å². The lowest BCUT2D eigenvalue weighted by Crippen LogP contribution is -2.64. The van der Waals surface area contributed by atoms with Crippen molar-refractivity contribution in [3.8, 4) is 0 Å². The van der Waals surface area contributed by atoms with Crippen LogP contribution in [0.3, 0.4) is 0 Å². The number of carbonyl (C=O) groups is 4. The molecule has 4 saturated heterocycles. The van der Waals surface area contributed by atoms with E-state index in [2.05, 4.69) is 57.7 Å². The number of carbonyl (C=O) groups excluding carboxylic acids is 3. The van der Waals surface area contributed by atoms with Gasteiger partial charge >= 0.3 is 18.2 Å². The average molecular weight is 1030 g/mol. The number of anilines is 2. The van der Waals surface area contributed by atoms with Crippen molar-refractivity contribution in [2.75, 3.05) is 88.3 Å². The van der Waals surface area contributed by atoms with Gasteiger partial charge in [-0.15, -0.1) is 0 Å². The van der Waals surface area contributed by atoms with E-state index in [-0.39, 0.29) is 44.8 Å². The van der Waals surface area contributed by atoms with E-state index in [0.717, 1.165) is 56.9 Å². The van der Waals surface area contributed by atoms with Crippen LogP contribution in [0, 0.1) is 11.6 Å². The van der Waals surface area contributed by atoms with Crippen molar-refractivity contribution in [1.29, 1.82) is 0 Å². The maximum absolute atomic E-state index is 14.3. The van der Waals surface area contributed by atoms with Crippen LogP contribution in [0.2, 0.25) is 0 Å². The number of aromatic nitrogens is 2. The summed E-state index contributed by atoms with van der Waals surface area (Å²) in [4.78, 5) is 68.4. The molecule has 17 nitrogen and oxygen atoms in total. The lowest BCUT2D eigenvalue weighted by molar-refractivity contribution is -0.139. The molecule has 0 radical (unpaired) electrons. The fraction of sp³-hybridized carbons (Fsp3) is 0.527. The first-order valence-corrected chi connectivity index (χ1v) is 25.2. The van der Waals surface area contributed by atoms with Gasteiger partial charge in [-0.05, 0) is 102 Å². The Morgan fingerprint density at radius 1 is 0.622 bits per heavy atom. The van der Waals surface area contributed by atoms with E-state index in [1.807, 2.05) is 41.6 Å². The summed E-state index contributed by atoms with van der Waals surface area (Å²) in [5, 5.41) is 17.5. The molecule has 4 aromatic rings. The molecule has 404 valence electrons. The molecule has 74 heavy (non-hydrogen) atoms. The zero-order valence-corrected chi connectivity index (χ0v) is 43.1. The van der Waals surface area contributed by atoms with Crippen LogP contribution in [0.25, 0.3) is 0 Å². The SMILES string of the molecule is C.CC(C)(C)OC(=O)N[C@@H](CC(=O)N1CC(N2CCN(c3ccccn3)CC2)C1)Cc1ccccc1F.CC(C)(C)OC(=O)N[C@@H](CC(=O)O)Cc1ccccc1F.c1ccc(N2CCN(C3CNC3)CC2)nc1. The Kier molecular flexibility index (Phi) is 21.9. The van der Waals surface area contributed by atoms with Crippen molar-refractivity contribution in [3.63, 3.8) is 0 Å². The quantitative estimate of drug-likeness (QED) is 0.106. The third-order valence-electron chi connectivity index (χ3n) is 12.7. The summed E-state index contributed by atoms with van der Waals surface area (Å²) < 4.78 is 38.3. The molecule has 0 aliphatic carbocycles. The lowest BCUT2D eigenvalue weighted by atomic mass is 10.00. The highest BCUT2D eigenvalue weighted by Crippen LogP contribution is 2.22. The number of carboxylic acid groups (broad SMARTS) is 1. The number of carboxylic acids is 1. The number of nitrogens with one attached hydrogen (secondary N) is 3. The van der Waals surface area contributed by atoms with Gasteiger partial charge in [0.05, 0.1) is 6.42 Å². The minimum Gasteiger partial charge on any atom is -0.481 e. The van der Waals surface area contributed by atoms with E-state index in [1.54, 1.807) is 77.9 Å². The highest BCUT2D eigenvalue weighted by atomic mass is 19.1. The number of alkyl carbamates (subject to hydrolysis) is 2. The van der Waals surface area contributed by atoms with Gasteiger partial charge in [0, 0.05) is 122 Å². The number of aliphatic carboxylic acids is 1. The third kappa shape index (κ3) is 19.1. The molecule has 4 aliphatic rings. The molecule has 2 atom stereocenters. The average Bonchev–Trinajstić information content (AvgIpc) is 3.29. The third-order valence-corrected chi connectivity index (χ3v) is 12.7. The summed E-state index contributed by atoms with van der Waals surface area (Å²) >= 11 is 0.